The summed E-state index contributed by atoms with van der Waals surface area (Å²) in [4.78, 5) is 18.0. The van der Waals surface area contributed by atoms with Crippen molar-refractivity contribution < 1.29 is 9.53 Å². The van der Waals surface area contributed by atoms with Crippen LogP contribution in [0, 0.1) is 0 Å². The summed E-state index contributed by atoms with van der Waals surface area (Å²) in [5.41, 5.74) is 0.854. The third kappa shape index (κ3) is 2.23. The molecule has 4 heteroatoms. The summed E-state index contributed by atoms with van der Waals surface area (Å²) in [6.45, 7) is 7.32. The fourth-order valence-corrected chi connectivity index (χ4v) is 4.65. The fraction of sp³-hybridized carbons (Fsp3) is 0.632. The molecule has 4 rings (SSSR count). The SMILES string of the molecule is CC1(c2ccccc2)CC1(C(=O)N1CCCC1)N1CCOCC1. The molecule has 1 amide bonds. The lowest BCUT2D eigenvalue weighted by Crippen LogP contribution is -2.57. The minimum Gasteiger partial charge on any atom is -0.379 e. The zero-order valence-corrected chi connectivity index (χ0v) is 14.0. The van der Waals surface area contributed by atoms with Crippen LogP contribution in [0.15, 0.2) is 30.3 Å². The first kappa shape index (κ1) is 15.2. The van der Waals surface area contributed by atoms with Gasteiger partial charge in [0.05, 0.1) is 13.2 Å². The fourth-order valence-electron chi connectivity index (χ4n) is 4.65. The summed E-state index contributed by atoms with van der Waals surface area (Å²) in [5.74, 6) is 0.350. The van der Waals surface area contributed by atoms with Gasteiger partial charge in [-0.15, -0.1) is 0 Å². The van der Waals surface area contributed by atoms with E-state index in [-0.39, 0.29) is 11.0 Å². The minimum atomic E-state index is -0.359. The predicted octanol–water partition coefficient (Wildman–Crippen LogP) is 2.04. The molecule has 1 aromatic rings. The van der Waals surface area contributed by atoms with Crippen LogP contribution in [0.4, 0.5) is 0 Å². The zero-order valence-electron chi connectivity index (χ0n) is 14.0. The molecule has 2 saturated heterocycles. The number of carbonyl (C=O) groups excluding carboxylic acids is 1. The van der Waals surface area contributed by atoms with Gasteiger partial charge < -0.3 is 9.64 Å². The van der Waals surface area contributed by atoms with Crippen molar-refractivity contribution >= 4 is 5.91 Å². The molecule has 2 heterocycles. The molecule has 2 atom stereocenters. The smallest absolute Gasteiger partial charge is 0.244 e. The van der Waals surface area contributed by atoms with E-state index >= 15 is 0 Å². The topological polar surface area (TPSA) is 32.8 Å². The highest BCUT2D eigenvalue weighted by Gasteiger charge is 2.73. The van der Waals surface area contributed by atoms with Crippen LogP contribution in [0.2, 0.25) is 0 Å². The molecule has 0 N–H and O–H groups in total. The average molecular weight is 314 g/mol. The lowest BCUT2D eigenvalue weighted by atomic mass is 9.90. The Labute approximate surface area is 138 Å². The first-order chi connectivity index (χ1) is 11.2. The number of amides is 1. The maximum Gasteiger partial charge on any atom is 0.244 e. The third-order valence-electron chi connectivity index (χ3n) is 6.11. The van der Waals surface area contributed by atoms with Crippen LogP contribution in [0.1, 0.15) is 31.7 Å². The summed E-state index contributed by atoms with van der Waals surface area (Å²) in [7, 11) is 0. The summed E-state index contributed by atoms with van der Waals surface area (Å²) in [5, 5.41) is 0. The van der Waals surface area contributed by atoms with E-state index in [2.05, 4.69) is 41.0 Å². The number of likely N-dealkylation sites (tertiary alicyclic amines) is 1. The van der Waals surface area contributed by atoms with E-state index in [1.165, 1.54) is 5.56 Å². The molecule has 0 radical (unpaired) electrons. The van der Waals surface area contributed by atoms with Gasteiger partial charge in [-0.25, -0.2) is 0 Å². The van der Waals surface area contributed by atoms with Gasteiger partial charge in [-0.2, -0.15) is 0 Å². The minimum absolute atomic E-state index is 0.0781. The molecule has 0 aromatic heterocycles. The van der Waals surface area contributed by atoms with Crippen LogP contribution in [-0.2, 0) is 14.9 Å². The third-order valence-corrected chi connectivity index (χ3v) is 6.11. The van der Waals surface area contributed by atoms with Gasteiger partial charge in [-0.3, -0.25) is 9.69 Å². The molecule has 2 aliphatic heterocycles. The molecule has 4 nitrogen and oxygen atoms in total. The van der Waals surface area contributed by atoms with Crippen LogP contribution in [0.5, 0.6) is 0 Å². The number of benzene rings is 1. The average Bonchev–Trinajstić information content (AvgIpc) is 2.98. The summed E-state index contributed by atoms with van der Waals surface area (Å²) in [6.07, 6.45) is 3.22. The van der Waals surface area contributed by atoms with E-state index in [0.717, 1.165) is 58.7 Å². The van der Waals surface area contributed by atoms with Crippen LogP contribution < -0.4 is 0 Å². The number of hydrogen-bond donors (Lipinski definition) is 0. The van der Waals surface area contributed by atoms with Crippen molar-refractivity contribution in [2.24, 2.45) is 0 Å². The largest absolute Gasteiger partial charge is 0.379 e. The second-order valence-electron chi connectivity index (χ2n) is 7.33. The van der Waals surface area contributed by atoms with Gasteiger partial charge in [0.2, 0.25) is 5.91 Å². The number of morpholine rings is 1. The van der Waals surface area contributed by atoms with Crippen molar-refractivity contribution in [3.63, 3.8) is 0 Å². The maximum absolute atomic E-state index is 13.5. The number of ether oxygens (including phenoxy) is 1. The molecule has 1 aromatic carbocycles. The van der Waals surface area contributed by atoms with Crippen LogP contribution in [0.25, 0.3) is 0 Å². The van der Waals surface area contributed by atoms with E-state index in [0.29, 0.717) is 5.91 Å². The summed E-state index contributed by atoms with van der Waals surface area (Å²) in [6, 6.07) is 10.6. The number of nitrogens with zero attached hydrogens (tertiary/aromatic N) is 2. The van der Waals surface area contributed by atoms with Gasteiger partial charge in [0.25, 0.3) is 0 Å². The molecule has 0 bridgehead atoms. The Balaban J connectivity index is 1.69. The van der Waals surface area contributed by atoms with E-state index in [1.54, 1.807) is 0 Å². The second-order valence-corrected chi connectivity index (χ2v) is 7.33. The lowest BCUT2D eigenvalue weighted by molar-refractivity contribution is -0.140. The first-order valence-electron chi connectivity index (χ1n) is 8.86. The predicted molar refractivity (Wildman–Crippen MR) is 89.3 cm³/mol. The van der Waals surface area contributed by atoms with Crippen LogP contribution >= 0.6 is 0 Å². The molecule has 1 aliphatic carbocycles. The van der Waals surface area contributed by atoms with E-state index < -0.39 is 0 Å². The van der Waals surface area contributed by atoms with Crippen molar-refractivity contribution in [2.45, 2.75) is 37.1 Å². The van der Waals surface area contributed by atoms with Gasteiger partial charge >= 0.3 is 0 Å². The Morgan fingerprint density at radius 3 is 2.35 bits per heavy atom. The van der Waals surface area contributed by atoms with Crippen molar-refractivity contribution in [3.05, 3.63) is 35.9 Å². The normalized spacial score (nSPS) is 34.6. The highest BCUT2D eigenvalue weighted by atomic mass is 16.5. The Bertz CT molecular complexity index is 578. The van der Waals surface area contributed by atoms with Gasteiger partial charge in [0.1, 0.15) is 5.54 Å². The lowest BCUT2D eigenvalue weighted by Gasteiger charge is -2.39. The first-order valence-corrected chi connectivity index (χ1v) is 8.86. The van der Waals surface area contributed by atoms with Crippen molar-refractivity contribution in [2.75, 3.05) is 39.4 Å². The molecule has 3 fully saturated rings. The number of rotatable bonds is 3. The van der Waals surface area contributed by atoms with E-state index in [4.69, 9.17) is 4.74 Å². The maximum atomic E-state index is 13.5. The quantitative estimate of drug-likeness (QED) is 0.856. The Kier molecular flexibility index (Phi) is 3.69. The number of hydrogen-bond acceptors (Lipinski definition) is 3. The van der Waals surface area contributed by atoms with Gasteiger partial charge in [0.15, 0.2) is 0 Å². The molecule has 2 unspecified atom stereocenters. The highest BCUT2D eigenvalue weighted by Crippen LogP contribution is 2.62. The van der Waals surface area contributed by atoms with Crippen LogP contribution in [0.3, 0.4) is 0 Å². The second kappa shape index (κ2) is 5.60. The standard InChI is InChI=1S/C19H26N2O2/c1-18(16-7-3-2-4-8-16)15-19(18,21-11-13-23-14-12-21)17(22)20-9-5-6-10-20/h2-4,7-8H,5-6,9-15H2,1H3. The molecule has 0 spiro atoms. The van der Waals surface area contributed by atoms with Gasteiger partial charge in [-0.05, 0) is 24.8 Å². The van der Waals surface area contributed by atoms with E-state index in [9.17, 15) is 4.79 Å². The molecular formula is C19H26N2O2. The van der Waals surface area contributed by atoms with Crippen LogP contribution in [-0.4, -0.2) is 60.6 Å². The molecule has 23 heavy (non-hydrogen) atoms. The van der Waals surface area contributed by atoms with Gasteiger partial charge in [-0.1, -0.05) is 37.3 Å². The highest BCUT2D eigenvalue weighted by molar-refractivity contribution is 5.93. The monoisotopic (exact) mass is 314 g/mol. The molecular weight excluding hydrogens is 288 g/mol. The summed E-state index contributed by atoms with van der Waals surface area (Å²) >= 11 is 0. The zero-order chi connectivity index (χ0) is 15.9. The van der Waals surface area contributed by atoms with Crippen molar-refractivity contribution in [3.8, 4) is 0 Å². The molecule has 124 valence electrons. The Morgan fingerprint density at radius 2 is 1.70 bits per heavy atom. The summed E-state index contributed by atoms with van der Waals surface area (Å²) < 4.78 is 5.54. The molecule has 1 saturated carbocycles. The Hall–Kier alpha value is -1.39. The molecule has 3 aliphatic rings. The number of carbonyl (C=O) groups is 1. The Morgan fingerprint density at radius 1 is 1.04 bits per heavy atom. The van der Waals surface area contributed by atoms with Crippen molar-refractivity contribution in [1.29, 1.82) is 0 Å². The van der Waals surface area contributed by atoms with E-state index in [1.807, 2.05) is 6.07 Å². The van der Waals surface area contributed by atoms with Crippen molar-refractivity contribution in [1.82, 2.24) is 9.80 Å². The van der Waals surface area contributed by atoms with Gasteiger partial charge in [0, 0.05) is 31.6 Å².